The van der Waals surface area contributed by atoms with Crippen LogP contribution in [0, 0.1) is 0 Å². The van der Waals surface area contributed by atoms with Gasteiger partial charge in [0, 0.05) is 0 Å². The van der Waals surface area contributed by atoms with Gasteiger partial charge in [-0.1, -0.05) is 11.6 Å². The highest BCUT2D eigenvalue weighted by Crippen LogP contribution is 2.28. The van der Waals surface area contributed by atoms with Gasteiger partial charge in [0.2, 0.25) is 0 Å². The fraction of sp³-hybridized carbons (Fsp3) is 0.250. The predicted molar refractivity (Wildman–Crippen MR) is 50.0 cm³/mol. The summed E-state index contributed by atoms with van der Waals surface area (Å²) in [6.45, 7) is 0. The van der Waals surface area contributed by atoms with Crippen molar-refractivity contribution in [1.29, 1.82) is 0 Å². The second kappa shape index (κ2) is 4.39. The van der Waals surface area contributed by atoms with E-state index in [1.165, 1.54) is 0 Å². The summed E-state index contributed by atoms with van der Waals surface area (Å²) >= 11 is 5.47. The van der Waals surface area contributed by atoms with Gasteiger partial charge in [0.25, 0.3) is 6.43 Å². The number of hydrogen-bond donors (Lipinski definition) is 1. The molecule has 4 nitrogen and oxygen atoms in total. The van der Waals surface area contributed by atoms with E-state index in [-0.39, 0.29) is 16.4 Å². The largest absolute Gasteiger partial charge is 0.464 e. The van der Waals surface area contributed by atoms with Gasteiger partial charge in [-0.05, 0) is 6.07 Å². The molecule has 1 heterocycles. The fourth-order valence-electron chi connectivity index (χ4n) is 0.930. The third kappa shape index (κ3) is 2.33. The molecule has 0 saturated carbocycles. The quantitative estimate of drug-likeness (QED) is 0.798. The number of nitrogens with two attached hydrogens (primary N) is 1. The Morgan fingerprint density at radius 2 is 2.27 bits per heavy atom. The molecule has 0 radical (unpaired) electrons. The molecule has 1 aromatic heterocycles. The van der Waals surface area contributed by atoms with E-state index >= 15 is 0 Å². The van der Waals surface area contributed by atoms with Crippen LogP contribution >= 0.6 is 11.6 Å². The second-order valence-corrected chi connectivity index (χ2v) is 2.99. The number of aromatic nitrogens is 1. The minimum atomic E-state index is -2.87. The Bertz CT molecular complexity index is 398. The molecule has 0 saturated heterocycles. The van der Waals surface area contributed by atoms with E-state index in [0.29, 0.717) is 0 Å². The first-order valence-electron chi connectivity index (χ1n) is 3.79. The maximum atomic E-state index is 12.4. The van der Waals surface area contributed by atoms with Crippen molar-refractivity contribution in [3.05, 3.63) is 22.5 Å². The molecule has 15 heavy (non-hydrogen) atoms. The molecule has 0 aliphatic heterocycles. The van der Waals surface area contributed by atoms with Gasteiger partial charge < -0.3 is 10.5 Å². The number of anilines is 1. The number of rotatable bonds is 2. The lowest BCUT2D eigenvalue weighted by molar-refractivity contribution is 0.0593. The van der Waals surface area contributed by atoms with Crippen molar-refractivity contribution in [1.82, 2.24) is 4.98 Å². The molecule has 7 heteroatoms. The van der Waals surface area contributed by atoms with Gasteiger partial charge in [0.15, 0.2) is 5.69 Å². The lowest BCUT2D eigenvalue weighted by Crippen LogP contribution is -2.10. The maximum absolute atomic E-state index is 12.4. The van der Waals surface area contributed by atoms with E-state index in [0.717, 1.165) is 13.2 Å². The van der Waals surface area contributed by atoms with Crippen LogP contribution in [0.4, 0.5) is 14.5 Å². The van der Waals surface area contributed by atoms with Crippen LogP contribution in [0.5, 0.6) is 0 Å². The van der Waals surface area contributed by atoms with E-state index in [2.05, 4.69) is 9.72 Å². The van der Waals surface area contributed by atoms with Crippen molar-refractivity contribution >= 4 is 23.3 Å². The number of carbonyl (C=O) groups excluding carboxylic acids is 1. The summed E-state index contributed by atoms with van der Waals surface area (Å²) in [6, 6.07) is 1.04. The average Bonchev–Trinajstić information content (AvgIpc) is 2.16. The number of ether oxygens (including phenoxy) is 1. The van der Waals surface area contributed by atoms with Gasteiger partial charge in [-0.25, -0.2) is 18.6 Å². The van der Waals surface area contributed by atoms with E-state index in [4.69, 9.17) is 17.3 Å². The molecule has 0 fully saturated rings. The van der Waals surface area contributed by atoms with Gasteiger partial charge in [-0.15, -0.1) is 0 Å². The highest BCUT2D eigenvalue weighted by atomic mass is 35.5. The third-order valence-corrected chi connectivity index (χ3v) is 1.92. The fourth-order valence-corrected chi connectivity index (χ4v) is 1.17. The van der Waals surface area contributed by atoms with Crippen molar-refractivity contribution in [2.75, 3.05) is 12.8 Å². The summed E-state index contributed by atoms with van der Waals surface area (Å²) in [5.74, 6) is -0.883. The topological polar surface area (TPSA) is 65.2 Å². The normalized spacial score (nSPS) is 10.5. The summed E-state index contributed by atoms with van der Waals surface area (Å²) in [7, 11) is 1.10. The summed E-state index contributed by atoms with van der Waals surface area (Å²) in [5.41, 5.74) is 4.22. The summed E-state index contributed by atoms with van der Waals surface area (Å²) in [4.78, 5) is 14.4. The molecule has 1 rings (SSSR count). The average molecular weight is 237 g/mol. The second-order valence-electron chi connectivity index (χ2n) is 2.59. The smallest absolute Gasteiger partial charge is 0.358 e. The molecule has 82 valence electrons. The SMILES string of the molecule is COC(=O)c1nc(C(F)F)c(Cl)cc1N. The zero-order valence-electron chi connectivity index (χ0n) is 7.63. The number of methoxy groups -OCH3 is 1. The first kappa shape index (κ1) is 11.6. The lowest BCUT2D eigenvalue weighted by Gasteiger charge is -2.07. The molecule has 0 aromatic carbocycles. The van der Waals surface area contributed by atoms with Crippen molar-refractivity contribution in [3.63, 3.8) is 0 Å². The molecule has 0 spiro atoms. The Hall–Kier alpha value is -1.43. The maximum Gasteiger partial charge on any atom is 0.358 e. The molecule has 0 aliphatic rings. The zero-order chi connectivity index (χ0) is 11.6. The molecule has 0 bridgehead atoms. The van der Waals surface area contributed by atoms with Gasteiger partial charge in [-0.3, -0.25) is 0 Å². The molecule has 0 atom stereocenters. The Kier molecular flexibility index (Phi) is 3.41. The van der Waals surface area contributed by atoms with Crippen molar-refractivity contribution in [2.45, 2.75) is 6.43 Å². The Labute approximate surface area is 89.0 Å². The predicted octanol–water partition coefficient (Wildman–Crippen LogP) is 2.04. The van der Waals surface area contributed by atoms with Crippen LogP contribution in [0.1, 0.15) is 22.6 Å². The monoisotopic (exact) mass is 236 g/mol. The van der Waals surface area contributed by atoms with Crippen molar-refractivity contribution < 1.29 is 18.3 Å². The third-order valence-electron chi connectivity index (χ3n) is 1.62. The van der Waals surface area contributed by atoms with Crippen LogP contribution in [-0.4, -0.2) is 18.1 Å². The van der Waals surface area contributed by atoms with E-state index < -0.39 is 18.1 Å². The molecular weight excluding hydrogens is 230 g/mol. The highest BCUT2D eigenvalue weighted by molar-refractivity contribution is 6.31. The first-order chi connectivity index (χ1) is 6.97. The number of pyridine rings is 1. The first-order valence-corrected chi connectivity index (χ1v) is 4.17. The van der Waals surface area contributed by atoms with Crippen LogP contribution in [0.2, 0.25) is 5.02 Å². The summed E-state index contributed by atoms with van der Waals surface area (Å²) in [6.07, 6.45) is -2.87. The number of carbonyl (C=O) groups is 1. The Morgan fingerprint density at radius 1 is 1.67 bits per heavy atom. The molecular formula is C8H7ClF2N2O2. The van der Waals surface area contributed by atoms with Gasteiger partial charge in [-0.2, -0.15) is 0 Å². The van der Waals surface area contributed by atoms with Gasteiger partial charge >= 0.3 is 5.97 Å². The zero-order valence-corrected chi connectivity index (χ0v) is 8.39. The van der Waals surface area contributed by atoms with Crippen LogP contribution in [0.3, 0.4) is 0 Å². The Balaban J connectivity index is 3.29. The lowest BCUT2D eigenvalue weighted by atomic mass is 10.2. The van der Waals surface area contributed by atoms with E-state index in [9.17, 15) is 13.6 Å². The van der Waals surface area contributed by atoms with E-state index in [1.807, 2.05) is 0 Å². The minimum Gasteiger partial charge on any atom is -0.464 e. The minimum absolute atomic E-state index is 0.101. The van der Waals surface area contributed by atoms with Crippen molar-refractivity contribution in [2.24, 2.45) is 0 Å². The standard InChI is InChI=1S/C8H7ClF2N2O2/c1-15-8(14)6-4(12)2-3(9)5(13-6)7(10)11/h2,7H,12H2,1H3. The number of alkyl halides is 2. The number of esters is 1. The number of halogens is 3. The van der Waals surface area contributed by atoms with Gasteiger partial charge in [0.05, 0.1) is 17.8 Å². The van der Waals surface area contributed by atoms with Crippen molar-refractivity contribution in [3.8, 4) is 0 Å². The Morgan fingerprint density at radius 3 is 2.73 bits per heavy atom. The van der Waals surface area contributed by atoms with Crippen LogP contribution < -0.4 is 5.73 Å². The van der Waals surface area contributed by atoms with E-state index in [1.54, 1.807) is 0 Å². The molecule has 0 amide bonds. The molecule has 1 aromatic rings. The summed E-state index contributed by atoms with van der Waals surface area (Å²) in [5, 5.41) is -0.282. The summed E-state index contributed by atoms with van der Waals surface area (Å²) < 4.78 is 29.1. The van der Waals surface area contributed by atoms with Gasteiger partial charge in [0.1, 0.15) is 5.69 Å². The van der Waals surface area contributed by atoms with Crippen LogP contribution in [0.15, 0.2) is 6.07 Å². The van der Waals surface area contributed by atoms with Crippen LogP contribution in [-0.2, 0) is 4.74 Å². The van der Waals surface area contributed by atoms with Crippen LogP contribution in [0.25, 0.3) is 0 Å². The molecule has 0 unspecified atom stereocenters. The molecule has 0 aliphatic carbocycles. The highest BCUT2D eigenvalue weighted by Gasteiger charge is 2.20. The number of nitrogen functional groups attached to an aromatic ring is 1. The number of hydrogen-bond acceptors (Lipinski definition) is 4. The number of nitrogens with zero attached hydrogens (tertiary/aromatic N) is 1. The molecule has 2 N–H and O–H groups in total.